The Bertz CT molecular complexity index is 474. The summed E-state index contributed by atoms with van der Waals surface area (Å²) in [6.07, 6.45) is 2.58. The SMILES string of the molecule is CCNc1cc(NCCN(C)C2CC2)cc([N+](=O)[O-])c1. The molecule has 0 bridgehead atoms. The van der Waals surface area contributed by atoms with Gasteiger partial charge in [0.15, 0.2) is 0 Å². The van der Waals surface area contributed by atoms with Gasteiger partial charge in [0.1, 0.15) is 0 Å². The summed E-state index contributed by atoms with van der Waals surface area (Å²) in [5.74, 6) is 0. The molecule has 0 aromatic heterocycles. The van der Waals surface area contributed by atoms with E-state index in [-0.39, 0.29) is 10.6 Å². The highest BCUT2D eigenvalue weighted by molar-refractivity contribution is 5.63. The van der Waals surface area contributed by atoms with Crippen molar-refractivity contribution < 1.29 is 4.92 Å². The highest BCUT2D eigenvalue weighted by atomic mass is 16.6. The molecular formula is C14H22N4O2. The number of hydrogen-bond acceptors (Lipinski definition) is 5. The molecule has 1 aliphatic carbocycles. The van der Waals surface area contributed by atoms with E-state index in [1.807, 2.05) is 13.0 Å². The lowest BCUT2D eigenvalue weighted by molar-refractivity contribution is -0.384. The first-order chi connectivity index (χ1) is 9.60. The standard InChI is InChI=1S/C14H22N4O2/c1-3-15-11-8-12(10-14(9-11)18(19)20)16-6-7-17(2)13-4-5-13/h8-10,13,15-16H,3-7H2,1-2H3. The highest BCUT2D eigenvalue weighted by Crippen LogP contribution is 2.26. The maximum Gasteiger partial charge on any atom is 0.273 e. The molecule has 1 saturated carbocycles. The molecule has 1 aromatic carbocycles. The molecule has 0 spiro atoms. The van der Waals surface area contributed by atoms with Crippen LogP contribution in [0.3, 0.4) is 0 Å². The number of rotatable bonds is 8. The number of nitrogens with zero attached hydrogens (tertiary/aromatic N) is 2. The van der Waals surface area contributed by atoms with Gasteiger partial charge in [0.05, 0.1) is 4.92 Å². The van der Waals surface area contributed by atoms with Crippen LogP contribution in [0.15, 0.2) is 18.2 Å². The number of benzene rings is 1. The fourth-order valence-corrected chi connectivity index (χ4v) is 2.20. The van der Waals surface area contributed by atoms with Crippen LogP contribution in [0, 0.1) is 10.1 Å². The van der Waals surface area contributed by atoms with Crippen LogP contribution in [0.25, 0.3) is 0 Å². The predicted molar refractivity (Wildman–Crippen MR) is 81.4 cm³/mol. The quantitative estimate of drug-likeness (QED) is 0.565. The van der Waals surface area contributed by atoms with Crippen LogP contribution in [-0.2, 0) is 0 Å². The predicted octanol–water partition coefficient (Wildman–Crippen LogP) is 2.53. The monoisotopic (exact) mass is 278 g/mol. The molecule has 1 aromatic rings. The molecule has 0 amide bonds. The number of nitro groups is 1. The third kappa shape index (κ3) is 4.09. The van der Waals surface area contributed by atoms with Gasteiger partial charge in [-0.1, -0.05) is 0 Å². The lowest BCUT2D eigenvalue weighted by atomic mass is 10.2. The van der Waals surface area contributed by atoms with Crippen molar-refractivity contribution in [2.24, 2.45) is 0 Å². The summed E-state index contributed by atoms with van der Waals surface area (Å²) < 4.78 is 0. The maximum absolute atomic E-state index is 10.9. The number of nitro benzene ring substituents is 1. The number of nitrogens with one attached hydrogen (secondary N) is 2. The molecule has 6 heteroatoms. The Kier molecular flexibility index (Phi) is 4.79. The van der Waals surface area contributed by atoms with Crippen LogP contribution in [0.5, 0.6) is 0 Å². The van der Waals surface area contributed by atoms with Gasteiger partial charge in [0.2, 0.25) is 0 Å². The summed E-state index contributed by atoms with van der Waals surface area (Å²) in [7, 11) is 2.12. The summed E-state index contributed by atoms with van der Waals surface area (Å²) >= 11 is 0. The van der Waals surface area contributed by atoms with E-state index in [1.165, 1.54) is 12.8 Å². The van der Waals surface area contributed by atoms with Gasteiger partial charge in [-0.15, -0.1) is 0 Å². The van der Waals surface area contributed by atoms with Crippen LogP contribution in [0.4, 0.5) is 17.1 Å². The Morgan fingerprint density at radius 1 is 1.30 bits per heavy atom. The summed E-state index contributed by atoms with van der Waals surface area (Å²) in [4.78, 5) is 12.9. The largest absolute Gasteiger partial charge is 0.385 e. The van der Waals surface area contributed by atoms with Gasteiger partial charge in [-0.25, -0.2) is 0 Å². The van der Waals surface area contributed by atoms with E-state index in [4.69, 9.17) is 0 Å². The van der Waals surface area contributed by atoms with Crippen LogP contribution in [0.1, 0.15) is 19.8 Å². The molecule has 0 heterocycles. The van der Waals surface area contributed by atoms with E-state index in [9.17, 15) is 10.1 Å². The van der Waals surface area contributed by atoms with Gasteiger partial charge in [-0.3, -0.25) is 10.1 Å². The third-order valence-corrected chi connectivity index (χ3v) is 3.47. The summed E-state index contributed by atoms with van der Waals surface area (Å²) in [5, 5.41) is 17.3. The van der Waals surface area contributed by atoms with Crippen molar-refractivity contribution in [1.29, 1.82) is 0 Å². The van der Waals surface area contributed by atoms with Gasteiger partial charge in [-0.2, -0.15) is 0 Å². The van der Waals surface area contributed by atoms with Crippen molar-refractivity contribution in [2.75, 3.05) is 37.3 Å². The summed E-state index contributed by atoms with van der Waals surface area (Å²) in [6, 6.07) is 5.79. The maximum atomic E-state index is 10.9. The van der Waals surface area contributed by atoms with E-state index < -0.39 is 0 Å². The van der Waals surface area contributed by atoms with Crippen molar-refractivity contribution in [3.05, 3.63) is 28.3 Å². The van der Waals surface area contributed by atoms with E-state index in [2.05, 4.69) is 22.6 Å². The Hall–Kier alpha value is -1.82. The second-order valence-electron chi connectivity index (χ2n) is 5.19. The van der Waals surface area contributed by atoms with Crippen molar-refractivity contribution in [1.82, 2.24) is 4.90 Å². The normalized spacial score (nSPS) is 14.3. The Labute approximate surface area is 119 Å². The minimum Gasteiger partial charge on any atom is -0.385 e. The number of likely N-dealkylation sites (N-methyl/N-ethyl adjacent to an activating group) is 1. The molecule has 110 valence electrons. The first-order valence-corrected chi connectivity index (χ1v) is 7.07. The van der Waals surface area contributed by atoms with Gasteiger partial charge in [0.25, 0.3) is 5.69 Å². The molecular weight excluding hydrogens is 256 g/mol. The second kappa shape index (κ2) is 6.56. The van der Waals surface area contributed by atoms with Gasteiger partial charge >= 0.3 is 0 Å². The third-order valence-electron chi connectivity index (χ3n) is 3.47. The topological polar surface area (TPSA) is 70.4 Å². The van der Waals surface area contributed by atoms with E-state index >= 15 is 0 Å². The summed E-state index contributed by atoms with van der Waals surface area (Å²) in [6.45, 7) is 4.45. The first kappa shape index (κ1) is 14.6. The Balaban J connectivity index is 1.95. The molecule has 6 nitrogen and oxygen atoms in total. The van der Waals surface area contributed by atoms with E-state index in [0.29, 0.717) is 0 Å². The second-order valence-corrected chi connectivity index (χ2v) is 5.19. The number of anilines is 2. The molecule has 0 radical (unpaired) electrons. The van der Waals surface area contributed by atoms with Gasteiger partial charge < -0.3 is 15.5 Å². The molecule has 20 heavy (non-hydrogen) atoms. The number of non-ortho nitro benzene ring substituents is 1. The van der Waals surface area contributed by atoms with E-state index in [1.54, 1.807) is 12.1 Å². The lowest BCUT2D eigenvalue weighted by Gasteiger charge is -2.16. The molecule has 0 atom stereocenters. The smallest absolute Gasteiger partial charge is 0.273 e. The molecule has 1 fully saturated rings. The zero-order valence-corrected chi connectivity index (χ0v) is 12.1. The fourth-order valence-electron chi connectivity index (χ4n) is 2.20. The van der Waals surface area contributed by atoms with Crippen molar-refractivity contribution in [2.45, 2.75) is 25.8 Å². The minimum atomic E-state index is -0.359. The molecule has 0 unspecified atom stereocenters. The first-order valence-electron chi connectivity index (χ1n) is 7.07. The van der Waals surface area contributed by atoms with Gasteiger partial charge in [-0.05, 0) is 32.9 Å². The summed E-state index contributed by atoms with van der Waals surface area (Å²) in [5.41, 5.74) is 1.68. The van der Waals surface area contributed by atoms with Crippen molar-refractivity contribution in [3.63, 3.8) is 0 Å². The molecule has 0 aliphatic heterocycles. The zero-order valence-electron chi connectivity index (χ0n) is 12.1. The average Bonchev–Trinajstić information content (AvgIpc) is 3.23. The Morgan fingerprint density at radius 2 is 1.95 bits per heavy atom. The zero-order chi connectivity index (χ0) is 14.5. The van der Waals surface area contributed by atoms with Crippen molar-refractivity contribution in [3.8, 4) is 0 Å². The highest BCUT2D eigenvalue weighted by Gasteiger charge is 2.25. The minimum absolute atomic E-state index is 0.112. The van der Waals surface area contributed by atoms with Crippen LogP contribution in [-0.4, -0.2) is 42.5 Å². The van der Waals surface area contributed by atoms with Crippen molar-refractivity contribution >= 4 is 17.1 Å². The average molecular weight is 278 g/mol. The Morgan fingerprint density at radius 3 is 2.50 bits per heavy atom. The molecule has 2 rings (SSSR count). The lowest BCUT2D eigenvalue weighted by Crippen LogP contribution is -2.27. The van der Waals surface area contributed by atoms with Crippen LogP contribution < -0.4 is 10.6 Å². The number of hydrogen-bond donors (Lipinski definition) is 2. The fraction of sp³-hybridized carbons (Fsp3) is 0.571. The molecule has 2 N–H and O–H groups in total. The van der Waals surface area contributed by atoms with Gasteiger partial charge in [0, 0.05) is 49.2 Å². The van der Waals surface area contributed by atoms with E-state index in [0.717, 1.165) is 37.1 Å². The van der Waals surface area contributed by atoms with Crippen LogP contribution in [0.2, 0.25) is 0 Å². The molecule has 0 saturated heterocycles. The van der Waals surface area contributed by atoms with Crippen LogP contribution >= 0.6 is 0 Å². The molecule has 1 aliphatic rings.